The third kappa shape index (κ3) is 4.65. The summed E-state index contributed by atoms with van der Waals surface area (Å²) >= 11 is 0. The van der Waals surface area contributed by atoms with Crippen molar-refractivity contribution in [2.24, 2.45) is 0 Å². The van der Waals surface area contributed by atoms with Gasteiger partial charge in [0.25, 0.3) is 11.8 Å². The summed E-state index contributed by atoms with van der Waals surface area (Å²) in [5.41, 5.74) is 15.2. The highest BCUT2D eigenvalue weighted by atomic mass is 16.2. The molecule has 0 bridgehead atoms. The molecule has 2 aliphatic heterocycles. The average Bonchev–Trinajstić information content (AvgIpc) is 3.51. The monoisotopic (exact) mass is 500 g/mol. The zero-order valence-corrected chi connectivity index (χ0v) is 23.5. The topological polar surface area (TPSA) is 89.8 Å². The van der Waals surface area contributed by atoms with E-state index in [1.165, 1.54) is 33.6 Å². The van der Waals surface area contributed by atoms with Gasteiger partial charge in [-0.25, -0.2) is 0 Å². The third-order valence-corrected chi connectivity index (χ3v) is 8.09. The van der Waals surface area contributed by atoms with Crippen molar-refractivity contribution < 1.29 is 9.59 Å². The maximum atomic E-state index is 12.2. The number of nitrogens with one attached hydrogen (secondary N) is 4. The van der Waals surface area contributed by atoms with Gasteiger partial charge in [-0.05, 0) is 98.9 Å². The van der Waals surface area contributed by atoms with Gasteiger partial charge in [0.2, 0.25) is 0 Å². The Bertz CT molecular complexity index is 1300. The van der Waals surface area contributed by atoms with Gasteiger partial charge in [0.05, 0.1) is 0 Å². The van der Waals surface area contributed by atoms with Crippen molar-refractivity contribution in [1.82, 2.24) is 20.6 Å². The molecule has 2 aromatic rings. The van der Waals surface area contributed by atoms with Crippen LogP contribution in [-0.2, 0) is 28.9 Å². The first-order valence-corrected chi connectivity index (χ1v) is 13.5. The number of hydrogen-bond acceptors (Lipinski definition) is 2. The zero-order chi connectivity index (χ0) is 27.0. The summed E-state index contributed by atoms with van der Waals surface area (Å²) in [5, 5.41) is 6.07. The summed E-state index contributed by atoms with van der Waals surface area (Å²) in [5.74, 6) is -0.0110. The number of carbonyl (C=O) groups is 2. The zero-order valence-electron chi connectivity index (χ0n) is 23.5. The lowest BCUT2D eigenvalue weighted by molar-refractivity contribution is -0.117. The fraction of sp³-hybridized carbons (Fsp3) is 0.419. The van der Waals surface area contributed by atoms with Crippen LogP contribution in [-0.4, -0.2) is 21.8 Å². The largest absolute Gasteiger partial charge is 0.358 e. The molecular weight excluding hydrogens is 460 g/mol. The van der Waals surface area contributed by atoms with Crippen LogP contribution in [0.15, 0.2) is 33.7 Å². The Balaban J connectivity index is 1.72. The second kappa shape index (κ2) is 10.4. The molecule has 6 heteroatoms. The van der Waals surface area contributed by atoms with Crippen molar-refractivity contribution in [2.75, 3.05) is 0 Å². The number of carbonyl (C=O) groups excluding carboxylic acids is 2. The number of rotatable bonds is 8. The number of H-pyrrole nitrogens is 2. The predicted octanol–water partition coefficient (Wildman–Crippen LogP) is 6.07. The van der Waals surface area contributed by atoms with Gasteiger partial charge < -0.3 is 20.6 Å². The van der Waals surface area contributed by atoms with Gasteiger partial charge in [-0.1, -0.05) is 27.7 Å². The highest BCUT2D eigenvalue weighted by Gasteiger charge is 2.25. The van der Waals surface area contributed by atoms with Crippen LogP contribution in [0.5, 0.6) is 0 Å². The van der Waals surface area contributed by atoms with Gasteiger partial charge in [0.1, 0.15) is 0 Å². The van der Waals surface area contributed by atoms with Gasteiger partial charge >= 0.3 is 0 Å². The van der Waals surface area contributed by atoms with Crippen LogP contribution < -0.4 is 10.6 Å². The smallest absolute Gasteiger partial charge is 0.251 e. The van der Waals surface area contributed by atoms with Gasteiger partial charge in [-0.3, -0.25) is 9.59 Å². The maximum Gasteiger partial charge on any atom is 0.251 e. The average molecular weight is 501 g/mol. The Kier molecular flexibility index (Phi) is 7.49. The van der Waals surface area contributed by atoms with Gasteiger partial charge in [-0.2, -0.15) is 0 Å². The SMILES string of the molecule is CCC1=C(C)C(=O)N/C1=C\c1[nH]c(Cc2[nH]c(/C=C3\NC(=O)C(C)=C3CC)c(C)c2CC)c(CC)c1C. The first kappa shape index (κ1) is 26.5. The summed E-state index contributed by atoms with van der Waals surface area (Å²) in [6.07, 6.45) is 8.44. The second-order valence-electron chi connectivity index (χ2n) is 10.1. The van der Waals surface area contributed by atoms with Gasteiger partial charge in [0, 0.05) is 51.7 Å². The van der Waals surface area contributed by atoms with Gasteiger partial charge in [-0.15, -0.1) is 0 Å². The van der Waals surface area contributed by atoms with E-state index in [4.69, 9.17) is 0 Å². The molecule has 0 unspecified atom stereocenters. The number of aromatic nitrogens is 2. The molecule has 4 rings (SSSR count). The number of hydrogen-bond donors (Lipinski definition) is 4. The van der Waals surface area contributed by atoms with Crippen molar-refractivity contribution in [3.8, 4) is 0 Å². The Morgan fingerprint density at radius 3 is 1.30 bits per heavy atom. The third-order valence-electron chi connectivity index (χ3n) is 8.09. The van der Waals surface area contributed by atoms with Crippen LogP contribution in [0, 0.1) is 13.8 Å². The molecule has 0 aromatic carbocycles. The molecule has 4 N–H and O–H groups in total. The van der Waals surface area contributed by atoms with E-state index in [0.29, 0.717) is 0 Å². The minimum absolute atomic E-state index is 0.00549. The van der Waals surface area contributed by atoms with E-state index in [-0.39, 0.29) is 11.8 Å². The van der Waals surface area contributed by atoms with E-state index >= 15 is 0 Å². The van der Waals surface area contributed by atoms with E-state index in [9.17, 15) is 9.59 Å². The van der Waals surface area contributed by atoms with Crippen molar-refractivity contribution in [3.63, 3.8) is 0 Å². The van der Waals surface area contributed by atoms with Crippen LogP contribution in [0.25, 0.3) is 12.2 Å². The molecule has 0 fully saturated rings. The van der Waals surface area contributed by atoms with Crippen molar-refractivity contribution in [3.05, 3.63) is 78.7 Å². The molecule has 2 aromatic heterocycles. The van der Waals surface area contributed by atoms with Crippen LogP contribution >= 0.6 is 0 Å². The molecular formula is C31H40N4O2. The van der Waals surface area contributed by atoms with E-state index in [1.54, 1.807) is 0 Å². The Labute approximate surface area is 220 Å². The number of aromatic amines is 2. The quantitative estimate of drug-likeness (QED) is 0.354. The summed E-state index contributed by atoms with van der Waals surface area (Å²) in [4.78, 5) is 31.9. The van der Waals surface area contributed by atoms with Crippen LogP contribution in [0.3, 0.4) is 0 Å². The summed E-state index contributed by atoms with van der Waals surface area (Å²) < 4.78 is 0. The van der Waals surface area contributed by atoms with Crippen LogP contribution in [0.1, 0.15) is 99.4 Å². The molecule has 196 valence electrons. The van der Waals surface area contributed by atoms with Crippen molar-refractivity contribution in [1.29, 1.82) is 0 Å². The first-order valence-electron chi connectivity index (χ1n) is 13.5. The molecule has 0 atom stereocenters. The second-order valence-corrected chi connectivity index (χ2v) is 10.1. The minimum Gasteiger partial charge on any atom is -0.358 e. The van der Waals surface area contributed by atoms with E-state index in [0.717, 1.165) is 77.2 Å². The summed E-state index contributed by atoms with van der Waals surface area (Å²) in [6, 6.07) is 0. The molecule has 0 aliphatic carbocycles. The molecule has 4 heterocycles. The summed E-state index contributed by atoms with van der Waals surface area (Å²) in [6.45, 7) is 16.7. The normalized spacial score (nSPS) is 18.2. The maximum absolute atomic E-state index is 12.2. The summed E-state index contributed by atoms with van der Waals surface area (Å²) in [7, 11) is 0. The standard InChI is InChI=1S/C31H40N4O2/c1-9-20-16(5)24(13-28-22(11-3)18(7)30(36)34-28)32-26(20)15-27-21(10-2)17(6)25(33-27)14-29-23(12-4)19(8)31(37)35-29/h13-14,32-33H,9-12,15H2,1-8H3,(H,34,36)(H,35,37)/b28-13-,29-14-. The van der Waals surface area contributed by atoms with Crippen molar-refractivity contribution >= 4 is 24.0 Å². The Hall–Kier alpha value is -3.54. The number of allylic oxidation sites excluding steroid dienone is 2. The fourth-order valence-electron chi connectivity index (χ4n) is 5.87. The molecule has 37 heavy (non-hydrogen) atoms. The lowest BCUT2D eigenvalue weighted by atomic mass is 10.0. The minimum atomic E-state index is -0.00549. The molecule has 0 saturated carbocycles. The lowest BCUT2D eigenvalue weighted by Crippen LogP contribution is -2.15. The fourth-order valence-corrected chi connectivity index (χ4v) is 5.87. The molecule has 0 saturated heterocycles. The van der Waals surface area contributed by atoms with Gasteiger partial charge in [0.15, 0.2) is 0 Å². The highest BCUT2D eigenvalue weighted by molar-refractivity contribution is 6.01. The molecule has 0 radical (unpaired) electrons. The van der Waals surface area contributed by atoms with Crippen LogP contribution in [0.4, 0.5) is 0 Å². The molecule has 2 amide bonds. The molecule has 2 aliphatic rings. The van der Waals surface area contributed by atoms with E-state index in [2.05, 4.69) is 74.3 Å². The van der Waals surface area contributed by atoms with E-state index in [1.807, 2.05) is 13.8 Å². The van der Waals surface area contributed by atoms with E-state index < -0.39 is 0 Å². The predicted molar refractivity (Wildman–Crippen MR) is 151 cm³/mol. The molecule has 0 spiro atoms. The van der Waals surface area contributed by atoms with Crippen LogP contribution in [0.2, 0.25) is 0 Å². The highest BCUT2D eigenvalue weighted by Crippen LogP contribution is 2.31. The Morgan fingerprint density at radius 2 is 0.973 bits per heavy atom. The number of amides is 2. The lowest BCUT2D eigenvalue weighted by Gasteiger charge is -2.05. The molecule has 6 nitrogen and oxygen atoms in total. The Morgan fingerprint density at radius 1 is 0.595 bits per heavy atom. The van der Waals surface area contributed by atoms with Crippen molar-refractivity contribution in [2.45, 2.75) is 87.5 Å². The first-order chi connectivity index (χ1) is 17.6.